The van der Waals surface area contributed by atoms with Crippen LogP contribution in [0.5, 0.6) is 0 Å². The van der Waals surface area contributed by atoms with E-state index in [4.69, 9.17) is 23.1 Å². The number of primary amides is 1. The van der Waals surface area contributed by atoms with E-state index in [-0.39, 0.29) is 27.7 Å². The van der Waals surface area contributed by atoms with E-state index in [2.05, 4.69) is 4.98 Å². The molecule has 2 rings (SSSR count). The molecule has 1 aromatic heterocycles. The Hall–Kier alpha value is -2.14. The minimum absolute atomic E-state index is 0.0215. The Morgan fingerprint density at radius 2 is 2.00 bits per heavy atom. The summed E-state index contributed by atoms with van der Waals surface area (Å²) < 4.78 is 13.8. The van der Waals surface area contributed by atoms with Crippen LogP contribution in [0, 0.1) is 5.82 Å². The van der Waals surface area contributed by atoms with E-state index in [1.165, 1.54) is 24.3 Å². The maximum Gasteiger partial charge on any atom is 0.269 e. The molecule has 2 aromatic rings. The molecule has 18 heavy (non-hydrogen) atoms. The molecule has 0 atom stereocenters. The van der Waals surface area contributed by atoms with Crippen LogP contribution in [0.1, 0.15) is 10.5 Å². The fraction of sp³-hybridized carbons (Fsp3) is 0. The van der Waals surface area contributed by atoms with Gasteiger partial charge in [0.25, 0.3) is 5.91 Å². The van der Waals surface area contributed by atoms with E-state index in [1.54, 1.807) is 6.07 Å². The summed E-state index contributed by atoms with van der Waals surface area (Å²) in [6, 6.07) is 7.46. The number of nitrogens with two attached hydrogens (primary N) is 2. The summed E-state index contributed by atoms with van der Waals surface area (Å²) in [5.41, 5.74) is 11.2. The van der Waals surface area contributed by atoms with E-state index < -0.39 is 11.7 Å². The summed E-state index contributed by atoms with van der Waals surface area (Å²) in [5.74, 6) is -1.37. The molecule has 0 saturated carbocycles. The number of aromatic nitrogens is 1. The third kappa shape index (κ3) is 2.12. The highest BCUT2D eigenvalue weighted by atomic mass is 35.5. The zero-order valence-corrected chi connectivity index (χ0v) is 9.91. The van der Waals surface area contributed by atoms with Crippen molar-refractivity contribution >= 4 is 23.2 Å². The lowest BCUT2D eigenvalue weighted by molar-refractivity contribution is 0.0996. The van der Waals surface area contributed by atoms with Crippen molar-refractivity contribution in [3.8, 4) is 11.3 Å². The molecule has 4 N–H and O–H groups in total. The molecule has 92 valence electrons. The van der Waals surface area contributed by atoms with Crippen molar-refractivity contribution in [1.29, 1.82) is 0 Å². The van der Waals surface area contributed by atoms with E-state index in [1.807, 2.05) is 0 Å². The lowest BCUT2D eigenvalue weighted by Gasteiger charge is -2.07. The number of rotatable bonds is 2. The number of nitrogens with zero attached hydrogens (tertiary/aromatic N) is 1. The topological polar surface area (TPSA) is 82.0 Å². The molecule has 0 radical (unpaired) electrons. The number of benzene rings is 1. The summed E-state index contributed by atoms with van der Waals surface area (Å²) in [6.07, 6.45) is 0. The highest BCUT2D eigenvalue weighted by molar-refractivity contribution is 6.31. The number of anilines is 1. The second-order valence-corrected chi connectivity index (χ2v) is 4.01. The lowest BCUT2D eigenvalue weighted by atomic mass is 10.1. The molecule has 0 aliphatic carbocycles. The fourth-order valence-electron chi connectivity index (χ4n) is 1.52. The standard InChI is InChI=1S/C12H9ClFN3O/c13-7-3-1-2-6(10(7)14)9-5-4-8(15)11(17-9)12(16)18/h1-5H,15H2,(H2,16,18). The molecule has 1 amide bonds. The van der Waals surface area contributed by atoms with Crippen LogP contribution in [0.4, 0.5) is 10.1 Å². The van der Waals surface area contributed by atoms with Gasteiger partial charge >= 0.3 is 0 Å². The Bertz CT molecular complexity index is 631. The quantitative estimate of drug-likeness (QED) is 0.873. The summed E-state index contributed by atoms with van der Waals surface area (Å²) >= 11 is 5.68. The number of hydrogen-bond acceptors (Lipinski definition) is 3. The fourth-order valence-corrected chi connectivity index (χ4v) is 1.69. The van der Waals surface area contributed by atoms with E-state index in [0.717, 1.165) is 0 Å². The molecule has 1 aromatic carbocycles. The van der Waals surface area contributed by atoms with Crippen molar-refractivity contribution in [2.45, 2.75) is 0 Å². The molecule has 6 heteroatoms. The average molecular weight is 266 g/mol. The third-order valence-electron chi connectivity index (χ3n) is 2.39. The highest BCUT2D eigenvalue weighted by Crippen LogP contribution is 2.27. The van der Waals surface area contributed by atoms with E-state index >= 15 is 0 Å². The van der Waals surface area contributed by atoms with Crippen LogP contribution in [0.3, 0.4) is 0 Å². The molecule has 0 saturated heterocycles. The van der Waals surface area contributed by atoms with Crippen LogP contribution in [-0.4, -0.2) is 10.9 Å². The lowest BCUT2D eigenvalue weighted by Crippen LogP contribution is -2.16. The first kappa shape index (κ1) is 12.3. The summed E-state index contributed by atoms with van der Waals surface area (Å²) in [6.45, 7) is 0. The smallest absolute Gasteiger partial charge is 0.269 e. The van der Waals surface area contributed by atoms with Gasteiger partial charge in [0.1, 0.15) is 0 Å². The summed E-state index contributed by atoms with van der Waals surface area (Å²) in [4.78, 5) is 15.1. The molecule has 0 fully saturated rings. The molecule has 0 spiro atoms. The zero-order valence-electron chi connectivity index (χ0n) is 9.15. The van der Waals surface area contributed by atoms with Crippen LogP contribution in [-0.2, 0) is 0 Å². The first-order valence-corrected chi connectivity index (χ1v) is 5.39. The first-order valence-electron chi connectivity index (χ1n) is 5.01. The van der Waals surface area contributed by atoms with Gasteiger partial charge in [0.05, 0.1) is 16.4 Å². The van der Waals surface area contributed by atoms with Crippen molar-refractivity contribution in [3.63, 3.8) is 0 Å². The van der Waals surface area contributed by atoms with Crippen molar-refractivity contribution < 1.29 is 9.18 Å². The van der Waals surface area contributed by atoms with Gasteiger partial charge in [0, 0.05) is 5.56 Å². The van der Waals surface area contributed by atoms with Gasteiger partial charge in [-0.15, -0.1) is 0 Å². The molecule has 4 nitrogen and oxygen atoms in total. The van der Waals surface area contributed by atoms with Gasteiger partial charge in [0.15, 0.2) is 11.5 Å². The number of carbonyl (C=O) groups excluding carboxylic acids is 1. The van der Waals surface area contributed by atoms with Crippen molar-refractivity contribution in [2.24, 2.45) is 5.73 Å². The van der Waals surface area contributed by atoms with Gasteiger partial charge in [-0.25, -0.2) is 9.37 Å². The Morgan fingerprint density at radius 1 is 1.28 bits per heavy atom. The highest BCUT2D eigenvalue weighted by Gasteiger charge is 2.13. The Kier molecular flexibility index (Phi) is 3.16. The van der Waals surface area contributed by atoms with Gasteiger partial charge in [-0.3, -0.25) is 4.79 Å². The number of amides is 1. The van der Waals surface area contributed by atoms with Crippen LogP contribution >= 0.6 is 11.6 Å². The summed E-state index contributed by atoms with van der Waals surface area (Å²) in [5, 5.41) is -0.0215. The largest absolute Gasteiger partial charge is 0.397 e. The van der Waals surface area contributed by atoms with Gasteiger partial charge in [-0.05, 0) is 24.3 Å². The molecule has 0 aliphatic rings. The molecule has 0 unspecified atom stereocenters. The number of carbonyl (C=O) groups is 1. The zero-order chi connectivity index (χ0) is 13.3. The maximum atomic E-state index is 13.8. The van der Waals surface area contributed by atoms with Gasteiger partial charge in [0.2, 0.25) is 0 Å². The predicted octanol–water partition coefficient (Wildman–Crippen LogP) is 2.22. The third-order valence-corrected chi connectivity index (χ3v) is 2.68. The number of nitrogen functional groups attached to an aromatic ring is 1. The minimum atomic E-state index is -0.767. The normalized spacial score (nSPS) is 10.3. The Labute approximate surface area is 107 Å². The molecular formula is C12H9ClFN3O. The number of pyridine rings is 1. The van der Waals surface area contributed by atoms with Crippen molar-refractivity contribution in [3.05, 3.63) is 46.9 Å². The Morgan fingerprint density at radius 3 is 2.67 bits per heavy atom. The first-order chi connectivity index (χ1) is 8.50. The molecule has 0 aliphatic heterocycles. The average Bonchev–Trinajstić information content (AvgIpc) is 2.33. The van der Waals surface area contributed by atoms with Crippen LogP contribution < -0.4 is 11.5 Å². The van der Waals surface area contributed by atoms with Crippen LogP contribution in [0.2, 0.25) is 5.02 Å². The SMILES string of the molecule is NC(=O)c1nc(-c2cccc(Cl)c2F)ccc1N. The van der Waals surface area contributed by atoms with Crippen molar-refractivity contribution in [1.82, 2.24) is 4.98 Å². The molecular weight excluding hydrogens is 257 g/mol. The van der Waals surface area contributed by atoms with Crippen molar-refractivity contribution in [2.75, 3.05) is 5.73 Å². The van der Waals surface area contributed by atoms with Gasteiger partial charge in [-0.2, -0.15) is 0 Å². The molecule has 1 heterocycles. The van der Waals surface area contributed by atoms with E-state index in [0.29, 0.717) is 0 Å². The number of hydrogen-bond donors (Lipinski definition) is 2. The van der Waals surface area contributed by atoms with E-state index in [9.17, 15) is 9.18 Å². The van der Waals surface area contributed by atoms with Gasteiger partial charge in [-0.1, -0.05) is 17.7 Å². The van der Waals surface area contributed by atoms with Crippen LogP contribution in [0.15, 0.2) is 30.3 Å². The monoisotopic (exact) mass is 265 g/mol. The maximum absolute atomic E-state index is 13.8. The number of halogens is 2. The molecule has 0 bridgehead atoms. The second-order valence-electron chi connectivity index (χ2n) is 3.60. The minimum Gasteiger partial charge on any atom is -0.397 e. The van der Waals surface area contributed by atoms with Crippen LogP contribution in [0.25, 0.3) is 11.3 Å². The second kappa shape index (κ2) is 4.62. The predicted molar refractivity (Wildman–Crippen MR) is 67.6 cm³/mol. The Balaban J connectivity index is 2.62. The van der Waals surface area contributed by atoms with Gasteiger partial charge < -0.3 is 11.5 Å². The summed E-state index contributed by atoms with van der Waals surface area (Å²) in [7, 11) is 0.